The van der Waals surface area contributed by atoms with E-state index in [1.54, 1.807) is 0 Å². The monoisotopic (exact) mass is 197 g/mol. The molecule has 3 N–H and O–H groups in total. The molecule has 0 aliphatic rings. The molecule has 0 bridgehead atoms. The minimum absolute atomic E-state index is 0.214. The first-order chi connectivity index (χ1) is 6.22. The third-order valence-corrected chi connectivity index (χ3v) is 2.21. The van der Waals surface area contributed by atoms with Crippen LogP contribution in [0, 0.1) is 0 Å². The molecule has 70 valence electrons. The number of aromatic amines is 1. The van der Waals surface area contributed by atoms with Crippen molar-refractivity contribution < 1.29 is 0 Å². The third-order valence-electron chi connectivity index (χ3n) is 1.30. The van der Waals surface area contributed by atoms with Crippen LogP contribution in [0.4, 0.5) is 5.82 Å². The minimum atomic E-state index is -0.214. The summed E-state index contributed by atoms with van der Waals surface area (Å²) in [6.07, 6.45) is 2.70. The predicted molar refractivity (Wildman–Crippen MR) is 54.8 cm³/mol. The molecule has 0 atom stereocenters. The first kappa shape index (κ1) is 9.85. The molecule has 0 fully saturated rings. The SMILES string of the molecule is C=CCCSc1nc(N)cc(=O)[nH]1. The number of rotatable bonds is 4. The first-order valence-corrected chi connectivity index (χ1v) is 4.81. The molecule has 1 aromatic heterocycles. The van der Waals surface area contributed by atoms with Gasteiger partial charge >= 0.3 is 0 Å². The smallest absolute Gasteiger partial charge is 0.253 e. The maximum Gasteiger partial charge on any atom is 0.253 e. The van der Waals surface area contributed by atoms with Crippen molar-refractivity contribution in [3.63, 3.8) is 0 Å². The lowest BCUT2D eigenvalue weighted by Gasteiger charge is -1.98. The number of allylic oxidation sites excluding steroid dienone is 1. The highest BCUT2D eigenvalue weighted by Gasteiger charge is 1.97. The summed E-state index contributed by atoms with van der Waals surface area (Å²) in [5.41, 5.74) is 5.18. The van der Waals surface area contributed by atoms with Crippen LogP contribution in [0.25, 0.3) is 0 Å². The van der Waals surface area contributed by atoms with Gasteiger partial charge in [0.15, 0.2) is 5.16 Å². The van der Waals surface area contributed by atoms with Crippen molar-refractivity contribution in [2.24, 2.45) is 0 Å². The van der Waals surface area contributed by atoms with E-state index in [4.69, 9.17) is 5.73 Å². The summed E-state index contributed by atoms with van der Waals surface area (Å²) < 4.78 is 0. The Labute approximate surface area is 80.3 Å². The Morgan fingerprint density at radius 2 is 2.54 bits per heavy atom. The van der Waals surface area contributed by atoms with E-state index >= 15 is 0 Å². The Balaban J connectivity index is 2.66. The standard InChI is InChI=1S/C8H11N3OS/c1-2-3-4-13-8-10-6(9)5-7(12)11-8/h2,5H,1,3-4H2,(H3,9,10,11,12). The Kier molecular flexibility index (Phi) is 3.57. The van der Waals surface area contributed by atoms with Crippen molar-refractivity contribution in [1.29, 1.82) is 0 Å². The Hall–Kier alpha value is -1.23. The van der Waals surface area contributed by atoms with E-state index in [0.29, 0.717) is 5.16 Å². The highest BCUT2D eigenvalue weighted by molar-refractivity contribution is 7.99. The van der Waals surface area contributed by atoms with E-state index in [1.807, 2.05) is 6.08 Å². The van der Waals surface area contributed by atoms with Gasteiger partial charge in [-0.1, -0.05) is 17.8 Å². The second-order valence-corrected chi connectivity index (χ2v) is 3.48. The molecule has 0 aromatic carbocycles. The highest BCUT2D eigenvalue weighted by atomic mass is 32.2. The van der Waals surface area contributed by atoms with Crippen LogP contribution in [0.15, 0.2) is 28.7 Å². The highest BCUT2D eigenvalue weighted by Crippen LogP contribution is 2.12. The van der Waals surface area contributed by atoms with Crippen molar-refractivity contribution in [1.82, 2.24) is 9.97 Å². The van der Waals surface area contributed by atoms with Gasteiger partial charge in [0.25, 0.3) is 5.56 Å². The summed E-state index contributed by atoms with van der Waals surface area (Å²) in [7, 11) is 0. The number of H-pyrrole nitrogens is 1. The molecule has 0 saturated carbocycles. The van der Waals surface area contributed by atoms with Gasteiger partial charge in [-0.25, -0.2) is 4.98 Å². The molecule has 13 heavy (non-hydrogen) atoms. The zero-order chi connectivity index (χ0) is 9.68. The van der Waals surface area contributed by atoms with E-state index < -0.39 is 0 Å². The van der Waals surface area contributed by atoms with E-state index in [9.17, 15) is 4.79 Å². The molecular weight excluding hydrogens is 186 g/mol. The van der Waals surface area contributed by atoms with Crippen LogP contribution in [0.5, 0.6) is 0 Å². The van der Waals surface area contributed by atoms with Gasteiger partial charge in [-0.3, -0.25) is 4.79 Å². The van der Waals surface area contributed by atoms with Crippen LogP contribution in [-0.2, 0) is 0 Å². The van der Waals surface area contributed by atoms with Crippen LogP contribution in [0.1, 0.15) is 6.42 Å². The zero-order valence-corrected chi connectivity index (χ0v) is 7.93. The topological polar surface area (TPSA) is 71.8 Å². The van der Waals surface area contributed by atoms with Gasteiger partial charge in [0.05, 0.1) is 0 Å². The number of nitrogens with two attached hydrogens (primary N) is 1. The van der Waals surface area contributed by atoms with Gasteiger partial charge in [0.2, 0.25) is 0 Å². The van der Waals surface area contributed by atoms with E-state index in [0.717, 1.165) is 12.2 Å². The third kappa shape index (κ3) is 3.33. The van der Waals surface area contributed by atoms with Gasteiger partial charge < -0.3 is 10.7 Å². The molecule has 0 spiro atoms. The fraction of sp³-hybridized carbons (Fsp3) is 0.250. The molecule has 0 saturated heterocycles. The van der Waals surface area contributed by atoms with E-state index in [1.165, 1.54) is 17.8 Å². The number of aromatic nitrogens is 2. The minimum Gasteiger partial charge on any atom is -0.383 e. The lowest BCUT2D eigenvalue weighted by atomic mass is 10.5. The number of hydrogen-bond acceptors (Lipinski definition) is 4. The van der Waals surface area contributed by atoms with Gasteiger partial charge in [0.1, 0.15) is 5.82 Å². The van der Waals surface area contributed by atoms with Gasteiger partial charge in [-0.15, -0.1) is 6.58 Å². The van der Waals surface area contributed by atoms with Crippen LogP contribution < -0.4 is 11.3 Å². The predicted octanol–water partition coefficient (Wildman–Crippen LogP) is 1.02. The number of hydrogen-bond donors (Lipinski definition) is 2. The zero-order valence-electron chi connectivity index (χ0n) is 7.12. The summed E-state index contributed by atoms with van der Waals surface area (Å²) in [4.78, 5) is 17.5. The average molecular weight is 197 g/mol. The molecule has 5 heteroatoms. The molecule has 0 aliphatic carbocycles. The van der Waals surface area contributed by atoms with Crippen molar-refractivity contribution in [2.45, 2.75) is 11.6 Å². The van der Waals surface area contributed by atoms with Crippen LogP contribution >= 0.6 is 11.8 Å². The molecule has 0 amide bonds. The summed E-state index contributed by atoms with van der Waals surface area (Å²) in [6.45, 7) is 3.60. The van der Waals surface area contributed by atoms with Crippen molar-refractivity contribution in [3.8, 4) is 0 Å². The summed E-state index contributed by atoms with van der Waals surface area (Å²) in [5.74, 6) is 1.10. The lowest BCUT2D eigenvalue weighted by Crippen LogP contribution is -2.09. The molecule has 1 rings (SSSR count). The Morgan fingerprint density at radius 1 is 1.77 bits per heavy atom. The molecule has 1 aromatic rings. The maximum absolute atomic E-state index is 10.9. The fourth-order valence-electron chi connectivity index (χ4n) is 0.761. The summed E-state index contributed by atoms with van der Waals surface area (Å²) in [6, 6.07) is 1.26. The molecular formula is C8H11N3OS. The Morgan fingerprint density at radius 3 is 3.15 bits per heavy atom. The van der Waals surface area contributed by atoms with Crippen LogP contribution in [-0.4, -0.2) is 15.7 Å². The summed E-state index contributed by atoms with van der Waals surface area (Å²) >= 11 is 1.46. The maximum atomic E-state index is 10.9. The number of nitrogens with zero attached hydrogens (tertiary/aromatic N) is 1. The number of thioether (sulfide) groups is 1. The second kappa shape index (κ2) is 4.71. The van der Waals surface area contributed by atoms with Gasteiger partial charge in [-0.05, 0) is 6.42 Å². The fourth-order valence-corrected chi connectivity index (χ4v) is 1.58. The molecule has 0 radical (unpaired) electrons. The second-order valence-electron chi connectivity index (χ2n) is 2.40. The largest absolute Gasteiger partial charge is 0.383 e. The Bertz CT molecular complexity index is 347. The van der Waals surface area contributed by atoms with Crippen LogP contribution in [0.2, 0.25) is 0 Å². The number of anilines is 1. The van der Waals surface area contributed by atoms with Gasteiger partial charge in [-0.2, -0.15) is 0 Å². The summed E-state index contributed by atoms with van der Waals surface area (Å²) in [5, 5.41) is 0.562. The number of nitrogens with one attached hydrogen (secondary N) is 1. The quantitative estimate of drug-likeness (QED) is 0.327. The van der Waals surface area contributed by atoms with E-state index in [2.05, 4.69) is 16.5 Å². The normalized spacial score (nSPS) is 9.85. The molecule has 4 nitrogen and oxygen atoms in total. The van der Waals surface area contributed by atoms with Crippen LogP contribution in [0.3, 0.4) is 0 Å². The first-order valence-electron chi connectivity index (χ1n) is 3.83. The van der Waals surface area contributed by atoms with Crippen molar-refractivity contribution in [2.75, 3.05) is 11.5 Å². The van der Waals surface area contributed by atoms with E-state index in [-0.39, 0.29) is 11.4 Å². The van der Waals surface area contributed by atoms with Crippen molar-refractivity contribution in [3.05, 3.63) is 29.1 Å². The van der Waals surface area contributed by atoms with Crippen molar-refractivity contribution >= 4 is 17.6 Å². The average Bonchev–Trinajstić information content (AvgIpc) is 2.03. The molecule has 1 heterocycles. The van der Waals surface area contributed by atoms with Gasteiger partial charge in [0, 0.05) is 11.8 Å². The number of nitrogen functional groups attached to an aromatic ring is 1. The molecule has 0 unspecified atom stereocenters. The lowest BCUT2D eigenvalue weighted by molar-refractivity contribution is 0.944. The molecule has 0 aliphatic heterocycles.